The molecule has 0 aromatic carbocycles. The van der Waals surface area contributed by atoms with Crippen molar-refractivity contribution in [3.63, 3.8) is 0 Å². The van der Waals surface area contributed by atoms with E-state index in [-0.39, 0.29) is 12.0 Å². The number of aromatic nitrogens is 3. The Balaban J connectivity index is 1.42. The van der Waals surface area contributed by atoms with Crippen LogP contribution in [0.15, 0.2) is 17.1 Å². The van der Waals surface area contributed by atoms with Gasteiger partial charge in [-0.05, 0) is 30.7 Å². The van der Waals surface area contributed by atoms with Crippen LogP contribution in [0.3, 0.4) is 0 Å². The highest BCUT2D eigenvalue weighted by atomic mass is 32.1. The van der Waals surface area contributed by atoms with E-state index in [1.165, 1.54) is 29.7 Å². The number of ether oxygens (including phenoxy) is 1. The molecular weight excluding hydrogens is 300 g/mol. The van der Waals surface area contributed by atoms with Gasteiger partial charge < -0.3 is 10.1 Å². The SMILES string of the molecule is O=C(NC[C@@H]1OCCc2cn(CC3CC3)nc21)c1cscn1. The van der Waals surface area contributed by atoms with E-state index in [1.54, 1.807) is 10.9 Å². The van der Waals surface area contributed by atoms with Crippen LogP contribution >= 0.6 is 11.3 Å². The maximum Gasteiger partial charge on any atom is 0.270 e. The third-order valence-corrected chi connectivity index (χ3v) is 4.71. The minimum absolute atomic E-state index is 0.158. The Labute approximate surface area is 132 Å². The second kappa shape index (κ2) is 5.81. The Hall–Kier alpha value is -1.73. The third kappa shape index (κ3) is 2.91. The van der Waals surface area contributed by atoms with E-state index in [1.807, 2.05) is 4.68 Å². The summed E-state index contributed by atoms with van der Waals surface area (Å²) in [7, 11) is 0. The molecule has 3 heterocycles. The van der Waals surface area contributed by atoms with Gasteiger partial charge in [0, 0.05) is 24.7 Å². The van der Waals surface area contributed by atoms with Crippen molar-refractivity contribution < 1.29 is 9.53 Å². The molecule has 7 heteroatoms. The quantitative estimate of drug-likeness (QED) is 0.912. The maximum absolute atomic E-state index is 12.0. The minimum Gasteiger partial charge on any atom is -0.370 e. The molecule has 1 saturated carbocycles. The Morgan fingerprint density at radius 1 is 1.50 bits per heavy atom. The molecule has 1 amide bonds. The van der Waals surface area contributed by atoms with E-state index >= 15 is 0 Å². The van der Waals surface area contributed by atoms with Crippen LogP contribution in [0.5, 0.6) is 0 Å². The van der Waals surface area contributed by atoms with Gasteiger partial charge >= 0.3 is 0 Å². The molecule has 1 aliphatic heterocycles. The summed E-state index contributed by atoms with van der Waals surface area (Å²) in [5.41, 5.74) is 4.34. The number of thiazole rings is 1. The molecule has 1 fully saturated rings. The second-order valence-electron chi connectivity index (χ2n) is 5.90. The molecular formula is C15H18N4O2S. The zero-order valence-corrected chi connectivity index (χ0v) is 13.0. The molecule has 22 heavy (non-hydrogen) atoms. The topological polar surface area (TPSA) is 69.0 Å². The second-order valence-corrected chi connectivity index (χ2v) is 6.62. The molecule has 0 bridgehead atoms. The van der Waals surface area contributed by atoms with Crippen LogP contribution in [0.25, 0.3) is 0 Å². The summed E-state index contributed by atoms with van der Waals surface area (Å²) < 4.78 is 7.85. The van der Waals surface area contributed by atoms with Gasteiger partial charge in [0.25, 0.3) is 5.91 Å². The van der Waals surface area contributed by atoms with Gasteiger partial charge in [-0.15, -0.1) is 11.3 Å². The smallest absolute Gasteiger partial charge is 0.270 e. The first-order chi connectivity index (χ1) is 10.8. The fraction of sp³-hybridized carbons (Fsp3) is 0.533. The third-order valence-electron chi connectivity index (χ3n) is 4.12. The molecule has 0 spiro atoms. The summed E-state index contributed by atoms with van der Waals surface area (Å²) in [4.78, 5) is 16.0. The number of hydrogen-bond acceptors (Lipinski definition) is 5. The van der Waals surface area contributed by atoms with Gasteiger partial charge in [0.15, 0.2) is 0 Å². The highest BCUT2D eigenvalue weighted by Gasteiger charge is 2.27. The Morgan fingerprint density at radius 2 is 2.41 bits per heavy atom. The highest BCUT2D eigenvalue weighted by molar-refractivity contribution is 7.07. The standard InChI is InChI=1S/C15H18N4O2S/c20-15(12-8-22-9-17-12)16-5-13-14-11(3-4-21-13)7-19(18-14)6-10-1-2-10/h7-10,13H,1-6H2,(H,16,20)/t13-/m0/s1. The fourth-order valence-electron chi connectivity index (χ4n) is 2.75. The van der Waals surface area contributed by atoms with Crippen molar-refractivity contribution in [3.8, 4) is 0 Å². The molecule has 4 rings (SSSR count). The lowest BCUT2D eigenvalue weighted by molar-refractivity contribution is 0.0382. The maximum atomic E-state index is 12.0. The number of carbonyl (C=O) groups is 1. The first-order valence-corrected chi connectivity index (χ1v) is 8.58. The predicted octanol–water partition coefficient (Wildman–Crippen LogP) is 1.79. The molecule has 2 aliphatic rings. The lowest BCUT2D eigenvalue weighted by Gasteiger charge is -2.22. The normalized spacial score (nSPS) is 20.6. The van der Waals surface area contributed by atoms with Crippen molar-refractivity contribution in [2.75, 3.05) is 13.2 Å². The number of carbonyl (C=O) groups excluding carboxylic acids is 1. The Kier molecular flexibility index (Phi) is 3.67. The zero-order chi connectivity index (χ0) is 14.9. The number of nitrogens with one attached hydrogen (secondary N) is 1. The summed E-state index contributed by atoms with van der Waals surface area (Å²) in [5, 5.41) is 9.31. The zero-order valence-electron chi connectivity index (χ0n) is 12.2. The molecule has 2 aromatic rings. The Bertz CT molecular complexity index is 663. The van der Waals surface area contributed by atoms with Crippen LogP contribution in [0.4, 0.5) is 0 Å². The largest absolute Gasteiger partial charge is 0.370 e. The minimum atomic E-state index is -0.160. The number of nitrogens with zero attached hydrogens (tertiary/aromatic N) is 3. The van der Waals surface area contributed by atoms with Crippen LogP contribution in [0.1, 0.15) is 40.7 Å². The van der Waals surface area contributed by atoms with E-state index in [0.29, 0.717) is 18.8 Å². The highest BCUT2D eigenvalue weighted by Crippen LogP contribution is 2.32. The van der Waals surface area contributed by atoms with Gasteiger partial charge in [-0.25, -0.2) is 4.98 Å². The van der Waals surface area contributed by atoms with Crippen LogP contribution in [0.2, 0.25) is 0 Å². The van der Waals surface area contributed by atoms with Crippen LogP contribution in [0, 0.1) is 5.92 Å². The monoisotopic (exact) mass is 318 g/mol. The van der Waals surface area contributed by atoms with Gasteiger partial charge in [0.05, 0.1) is 17.8 Å². The average Bonchev–Trinajstić information content (AvgIpc) is 3.03. The first kappa shape index (κ1) is 13.9. The molecule has 1 aliphatic carbocycles. The summed E-state index contributed by atoms with van der Waals surface area (Å²) in [5.74, 6) is 0.638. The van der Waals surface area contributed by atoms with Crippen molar-refractivity contribution in [2.45, 2.75) is 31.9 Å². The fourth-order valence-corrected chi connectivity index (χ4v) is 3.28. The van der Waals surface area contributed by atoms with Crippen LogP contribution in [-0.4, -0.2) is 33.8 Å². The van der Waals surface area contributed by atoms with E-state index < -0.39 is 0 Å². The van der Waals surface area contributed by atoms with Crippen LogP contribution < -0.4 is 5.32 Å². The van der Waals surface area contributed by atoms with Crippen molar-refractivity contribution >= 4 is 17.2 Å². The molecule has 1 atom stereocenters. The number of hydrogen-bond donors (Lipinski definition) is 1. The summed E-state index contributed by atoms with van der Waals surface area (Å²) >= 11 is 1.41. The van der Waals surface area contributed by atoms with Gasteiger partial charge in [0.1, 0.15) is 11.8 Å². The van der Waals surface area contributed by atoms with E-state index in [0.717, 1.165) is 24.6 Å². The van der Waals surface area contributed by atoms with Gasteiger partial charge in [-0.2, -0.15) is 5.10 Å². The lowest BCUT2D eigenvalue weighted by atomic mass is 10.1. The molecule has 2 aromatic heterocycles. The van der Waals surface area contributed by atoms with Gasteiger partial charge in [0.2, 0.25) is 0 Å². The van der Waals surface area contributed by atoms with E-state index in [9.17, 15) is 4.79 Å². The predicted molar refractivity (Wildman–Crippen MR) is 81.8 cm³/mol. The first-order valence-electron chi connectivity index (χ1n) is 7.64. The van der Waals surface area contributed by atoms with Crippen LogP contribution in [-0.2, 0) is 17.7 Å². The molecule has 0 saturated heterocycles. The average molecular weight is 318 g/mol. The number of fused-ring (bicyclic) bond motifs is 1. The Morgan fingerprint density at radius 3 is 3.18 bits per heavy atom. The lowest BCUT2D eigenvalue weighted by Crippen LogP contribution is -2.32. The molecule has 6 nitrogen and oxygen atoms in total. The van der Waals surface area contributed by atoms with Gasteiger partial charge in [-0.3, -0.25) is 9.48 Å². The van der Waals surface area contributed by atoms with Crippen molar-refractivity contribution in [1.82, 2.24) is 20.1 Å². The van der Waals surface area contributed by atoms with Crippen molar-refractivity contribution in [3.05, 3.63) is 34.0 Å². The molecule has 0 unspecified atom stereocenters. The summed E-state index contributed by atoms with van der Waals surface area (Å²) in [6.45, 7) is 2.12. The summed E-state index contributed by atoms with van der Waals surface area (Å²) in [6, 6.07) is 0. The summed E-state index contributed by atoms with van der Waals surface area (Å²) in [6.07, 6.45) is 5.51. The molecule has 116 valence electrons. The number of amides is 1. The van der Waals surface area contributed by atoms with Crippen molar-refractivity contribution in [2.24, 2.45) is 5.92 Å². The van der Waals surface area contributed by atoms with E-state index in [4.69, 9.17) is 4.74 Å². The number of rotatable bonds is 5. The van der Waals surface area contributed by atoms with Crippen molar-refractivity contribution in [1.29, 1.82) is 0 Å². The molecule has 0 radical (unpaired) electrons. The van der Waals surface area contributed by atoms with Gasteiger partial charge in [-0.1, -0.05) is 0 Å². The molecule has 1 N–H and O–H groups in total. The van der Waals surface area contributed by atoms with E-state index in [2.05, 4.69) is 21.6 Å².